The Morgan fingerprint density at radius 3 is 2.56 bits per heavy atom. The van der Waals surface area contributed by atoms with Crippen LogP contribution >= 0.6 is 23.2 Å². The Hall–Kier alpha value is -3.35. The Morgan fingerprint density at radius 2 is 1.75 bits per heavy atom. The third-order valence-electron chi connectivity index (χ3n) is 4.92. The minimum Gasteiger partial charge on any atom is -0.398 e. The number of anilines is 2. The van der Waals surface area contributed by atoms with Crippen LogP contribution in [-0.2, 0) is 0 Å². The summed E-state index contributed by atoms with van der Waals surface area (Å²) < 4.78 is 0. The number of nitrogen functional groups attached to an aromatic ring is 1. The molecule has 5 N–H and O–H groups in total. The lowest BCUT2D eigenvalue weighted by Crippen LogP contribution is -2.16. The highest BCUT2D eigenvalue weighted by Gasteiger charge is 2.12. The maximum atomic E-state index is 6.38. The molecule has 0 saturated carbocycles. The van der Waals surface area contributed by atoms with Gasteiger partial charge in [-0.3, -0.25) is 4.99 Å². The van der Waals surface area contributed by atoms with Gasteiger partial charge in [-0.25, -0.2) is 9.97 Å². The molecule has 6 nitrogen and oxygen atoms in total. The number of aromatic nitrogens is 2. The summed E-state index contributed by atoms with van der Waals surface area (Å²) in [6.45, 7) is 1.22. The quantitative estimate of drug-likeness (QED) is 0.147. The largest absolute Gasteiger partial charge is 0.398 e. The highest BCUT2D eigenvalue weighted by Crippen LogP contribution is 2.31. The molecule has 3 aromatic carbocycles. The summed E-state index contributed by atoms with van der Waals surface area (Å²) in [4.78, 5) is 13.8. The van der Waals surface area contributed by atoms with Crippen molar-refractivity contribution < 1.29 is 0 Å². The summed E-state index contributed by atoms with van der Waals surface area (Å²) in [6, 6.07) is 20.6. The molecule has 0 atom stereocenters. The van der Waals surface area contributed by atoms with Crippen LogP contribution in [0, 0.1) is 0 Å². The van der Waals surface area contributed by atoms with Gasteiger partial charge in [0.1, 0.15) is 11.7 Å². The van der Waals surface area contributed by atoms with Crippen molar-refractivity contribution in [1.29, 1.82) is 0 Å². The van der Waals surface area contributed by atoms with Gasteiger partial charge in [0.15, 0.2) is 5.82 Å². The zero-order chi connectivity index (χ0) is 22.5. The first-order chi connectivity index (χ1) is 15.5. The maximum Gasteiger partial charge on any atom is 0.163 e. The van der Waals surface area contributed by atoms with Crippen molar-refractivity contribution in [1.82, 2.24) is 9.97 Å². The molecule has 4 aromatic rings. The number of nitrogens with one attached hydrogen (secondary N) is 1. The normalized spacial score (nSPS) is 11.6. The zero-order valence-corrected chi connectivity index (χ0v) is 18.7. The first-order valence-electron chi connectivity index (χ1n) is 10.1. The second-order valence-corrected chi connectivity index (χ2v) is 8.02. The molecule has 0 saturated heterocycles. The minimum atomic E-state index is 0.440. The number of hydrogen-bond donors (Lipinski definition) is 3. The van der Waals surface area contributed by atoms with Gasteiger partial charge in [-0.05, 0) is 48.9 Å². The highest BCUT2D eigenvalue weighted by atomic mass is 35.5. The first-order valence-corrected chi connectivity index (χ1v) is 10.9. The van der Waals surface area contributed by atoms with E-state index in [1.54, 1.807) is 12.1 Å². The van der Waals surface area contributed by atoms with Gasteiger partial charge in [0.2, 0.25) is 0 Å². The Morgan fingerprint density at radius 1 is 0.969 bits per heavy atom. The predicted octanol–water partition coefficient (Wildman–Crippen LogP) is 5.39. The number of hydrogen-bond acceptors (Lipinski definition) is 5. The third-order valence-corrected chi connectivity index (χ3v) is 5.47. The summed E-state index contributed by atoms with van der Waals surface area (Å²) in [5.74, 6) is 1.71. The molecule has 32 heavy (non-hydrogen) atoms. The lowest BCUT2D eigenvalue weighted by atomic mass is 10.1. The van der Waals surface area contributed by atoms with E-state index in [9.17, 15) is 0 Å². The molecule has 0 fully saturated rings. The van der Waals surface area contributed by atoms with Crippen LogP contribution in [0.15, 0.2) is 71.7 Å². The van der Waals surface area contributed by atoms with E-state index in [1.165, 1.54) is 0 Å². The second kappa shape index (κ2) is 9.85. The van der Waals surface area contributed by atoms with Crippen molar-refractivity contribution in [3.05, 3.63) is 82.3 Å². The van der Waals surface area contributed by atoms with Gasteiger partial charge in [-0.1, -0.05) is 47.5 Å². The number of nitrogens with zero attached hydrogens (tertiary/aromatic N) is 3. The van der Waals surface area contributed by atoms with E-state index in [0.717, 1.165) is 34.3 Å². The average Bonchev–Trinajstić information content (AvgIpc) is 2.78. The summed E-state index contributed by atoms with van der Waals surface area (Å²) in [6.07, 6.45) is 0.767. The Kier molecular flexibility index (Phi) is 6.73. The standard InChI is InChI=1S/C24H22Cl2N6/c25-15-10-11-16(19(26)14-15)24-31-21-9-4-2-7-18(21)23(32-24)30-13-5-12-29-22(28)17-6-1-3-8-20(17)27/h1-4,6-11,14H,5,12-13,27H2,(H2,28,29)(H,30,31,32). The number of amidine groups is 1. The SMILES string of the molecule is NC(=NCCCNc1nc(-c2ccc(Cl)cc2Cl)nc2ccccc12)c1ccccc1N. The van der Waals surface area contributed by atoms with Crippen LogP contribution in [0.1, 0.15) is 12.0 Å². The van der Waals surface area contributed by atoms with Crippen molar-refractivity contribution in [2.45, 2.75) is 6.42 Å². The number of aliphatic imine (C=N–C) groups is 1. The molecule has 0 aliphatic heterocycles. The molecule has 0 amide bonds. The maximum absolute atomic E-state index is 6.38. The molecule has 1 aromatic heterocycles. The summed E-state index contributed by atoms with van der Waals surface area (Å²) in [5.41, 5.74) is 15.0. The topological polar surface area (TPSA) is 102 Å². The number of fused-ring (bicyclic) bond motifs is 1. The number of rotatable bonds is 7. The lowest BCUT2D eigenvalue weighted by Gasteiger charge is -2.11. The van der Waals surface area contributed by atoms with Gasteiger partial charge < -0.3 is 16.8 Å². The van der Waals surface area contributed by atoms with Crippen molar-refractivity contribution in [2.75, 3.05) is 24.1 Å². The molecule has 0 aliphatic rings. The van der Waals surface area contributed by atoms with Crippen molar-refractivity contribution in [2.24, 2.45) is 10.7 Å². The Balaban J connectivity index is 1.50. The third kappa shape index (κ3) is 4.93. The van der Waals surface area contributed by atoms with Crippen LogP contribution in [0.2, 0.25) is 10.0 Å². The van der Waals surface area contributed by atoms with Gasteiger partial charge in [0.25, 0.3) is 0 Å². The molecular formula is C24H22Cl2N6. The summed E-state index contributed by atoms with van der Waals surface area (Å²) >= 11 is 12.4. The molecule has 4 rings (SSSR count). The molecule has 0 radical (unpaired) electrons. The van der Waals surface area contributed by atoms with E-state index in [2.05, 4.69) is 15.3 Å². The van der Waals surface area contributed by atoms with Crippen molar-refractivity contribution >= 4 is 51.4 Å². The molecule has 162 valence electrons. The van der Waals surface area contributed by atoms with E-state index in [1.807, 2.05) is 54.6 Å². The lowest BCUT2D eigenvalue weighted by molar-refractivity contribution is 0.870. The first kappa shape index (κ1) is 21.9. The Labute approximate surface area is 196 Å². The second-order valence-electron chi connectivity index (χ2n) is 7.17. The fraction of sp³-hybridized carbons (Fsp3) is 0.125. The molecule has 1 heterocycles. The van der Waals surface area contributed by atoms with Gasteiger partial charge in [-0.15, -0.1) is 0 Å². The van der Waals surface area contributed by atoms with Gasteiger partial charge in [0.05, 0.1) is 10.5 Å². The fourth-order valence-electron chi connectivity index (χ4n) is 3.30. The number of para-hydroxylation sites is 2. The van der Waals surface area contributed by atoms with Crippen LogP contribution in [0.3, 0.4) is 0 Å². The van der Waals surface area contributed by atoms with Gasteiger partial charge >= 0.3 is 0 Å². The van der Waals surface area contributed by atoms with Crippen molar-refractivity contribution in [3.8, 4) is 11.4 Å². The van der Waals surface area contributed by atoms with E-state index in [0.29, 0.717) is 40.5 Å². The smallest absolute Gasteiger partial charge is 0.163 e. The summed E-state index contributed by atoms with van der Waals surface area (Å²) in [7, 11) is 0. The van der Waals surface area contributed by atoms with Crippen LogP contribution in [0.25, 0.3) is 22.3 Å². The van der Waals surface area contributed by atoms with E-state index >= 15 is 0 Å². The van der Waals surface area contributed by atoms with Gasteiger partial charge in [-0.2, -0.15) is 0 Å². The highest BCUT2D eigenvalue weighted by molar-refractivity contribution is 6.36. The molecule has 0 unspecified atom stereocenters. The molecule has 0 spiro atoms. The van der Waals surface area contributed by atoms with Crippen LogP contribution in [-0.4, -0.2) is 28.9 Å². The zero-order valence-electron chi connectivity index (χ0n) is 17.2. The predicted molar refractivity (Wildman–Crippen MR) is 135 cm³/mol. The fourth-order valence-corrected chi connectivity index (χ4v) is 3.80. The van der Waals surface area contributed by atoms with Crippen molar-refractivity contribution in [3.63, 3.8) is 0 Å². The molecule has 8 heteroatoms. The average molecular weight is 465 g/mol. The van der Waals surface area contributed by atoms with E-state index in [-0.39, 0.29) is 0 Å². The van der Waals surface area contributed by atoms with Crippen LogP contribution in [0.5, 0.6) is 0 Å². The summed E-state index contributed by atoms with van der Waals surface area (Å²) in [5, 5.41) is 5.40. The van der Waals surface area contributed by atoms with Crippen LogP contribution < -0.4 is 16.8 Å². The minimum absolute atomic E-state index is 0.440. The van der Waals surface area contributed by atoms with E-state index < -0.39 is 0 Å². The molecular weight excluding hydrogens is 443 g/mol. The number of nitrogens with two attached hydrogens (primary N) is 2. The van der Waals surface area contributed by atoms with Crippen LogP contribution in [0.4, 0.5) is 11.5 Å². The number of benzene rings is 3. The van der Waals surface area contributed by atoms with Gasteiger partial charge in [0, 0.05) is 40.3 Å². The molecule has 0 aliphatic carbocycles. The molecule has 0 bridgehead atoms. The Bertz CT molecular complexity index is 1290. The number of halogens is 2. The van der Waals surface area contributed by atoms with E-state index in [4.69, 9.17) is 39.7 Å². The monoisotopic (exact) mass is 464 g/mol.